The van der Waals surface area contributed by atoms with E-state index in [1.165, 1.54) is 12.1 Å². The standard InChI is InChI=1S/C19H22N2O3S/c1-15-5-4-6-16(13-15)14-20-25(23,24)18-9-7-17(8-10-18)19(22)21-11-2-3-12-21/h4-10,13,20H,2-3,11-12,14H2,1H3. The summed E-state index contributed by atoms with van der Waals surface area (Å²) in [5.41, 5.74) is 2.52. The summed E-state index contributed by atoms with van der Waals surface area (Å²) in [7, 11) is -3.61. The Labute approximate surface area is 148 Å². The summed E-state index contributed by atoms with van der Waals surface area (Å²) in [4.78, 5) is 14.3. The maximum Gasteiger partial charge on any atom is 0.253 e. The van der Waals surface area contributed by atoms with Gasteiger partial charge < -0.3 is 4.90 Å². The molecule has 0 aliphatic carbocycles. The summed E-state index contributed by atoms with van der Waals surface area (Å²) < 4.78 is 27.4. The molecule has 0 radical (unpaired) electrons. The van der Waals surface area contributed by atoms with Crippen LogP contribution in [-0.4, -0.2) is 32.3 Å². The molecule has 1 amide bonds. The highest BCUT2D eigenvalue weighted by atomic mass is 32.2. The Morgan fingerprint density at radius 2 is 1.76 bits per heavy atom. The van der Waals surface area contributed by atoms with E-state index in [9.17, 15) is 13.2 Å². The molecule has 0 spiro atoms. The van der Waals surface area contributed by atoms with Crippen molar-refractivity contribution >= 4 is 15.9 Å². The average Bonchev–Trinajstić information content (AvgIpc) is 3.14. The molecule has 0 atom stereocenters. The molecule has 1 saturated heterocycles. The first kappa shape index (κ1) is 17.6. The molecule has 0 bridgehead atoms. The number of amides is 1. The molecule has 1 heterocycles. The highest BCUT2D eigenvalue weighted by Gasteiger charge is 2.20. The van der Waals surface area contributed by atoms with Crippen LogP contribution in [-0.2, 0) is 16.6 Å². The lowest BCUT2D eigenvalue weighted by Gasteiger charge is -2.15. The Morgan fingerprint density at radius 3 is 2.40 bits per heavy atom. The zero-order valence-corrected chi connectivity index (χ0v) is 15.1. The van der Waals surface area contributed by atoms with Crippen molar-refractivity contribution in [1.29, 1.82) is 0 Å². The third-order valence-corrected chi connectivity index (χ3v) is 5.77. The van der Waals surface area contributed by atoms with Crippen molar-refractivity contribution < 1.29 is 13.2 Å². The fourth-order valence-electron chi connectivity index (χ4n) is 2.96. The van der Waals surface area contributed by atoms with Gasteiger partial charge in [0, 0.05) is 25.2 Å². The van der Waals surface area contributed by atoms with E-state index < -0.39 is 10.0 Å². The van der Waals surface area contributed by atoms with Crippen LogP contribution >= 0.6 is 0 Å². The first-order valence-corrected chi connectivity index (χ1v) is 9.88. The van der Waals surface area contributed by atoms with Crippen molar-refractivity contribution in [3.05, 3.63) is 65.2 Å². The van der Waals surface area contributed by atoms with Crippen molar-refractivity contribution in [2.24, 2.45) is 0 Å². The third-order valence-electron chi connectivity index (χ3n) is 4.35. The van der Waals surface area contributed by atoms with Crippen molar-refractivity contribution in [1.82, 2.24) is 9.62 Å². The van der Waals surface area contributed by atoms with Crippen LogP contribution in [0.2, 0.25) is 0 Å². The third kappa shape index (κ3) is 4.27. The molecule has 0 saturated carbocycles. The van der Waals surface area contributed by atoms with E-state index in [0.29, 0.717) is 5.56 Å². The molecule has 132 valence electrons. The number of hydrogen-bond acceptors (Lipinski definition) is 3. The first-order valence-electron chi connectivity index (χ1n) is 8.40. The van der Waals surface area contributed by atoms with E-state index in [-0.39, 0.29) is 17.3 Å². The number of rotatable bonds is 5. The Hall–Kier alpha value is -2.18. The lowest BCUT2D eigenvalue weighted by atomic mass is 10.1. The molecule has 0 unspecified atom stereocenters. The van der Waals surface area contributed by atoms with Crippen LogP contribution in [0.25, 0.3) is 0 Å². The van der Waals surface area contributed by atoms with Gasteiger partial charge in [-0.15, -0.1) is 0 Å². The Bertz CT molecular complexity index is 854. The van der Waals surface area contributed by atoms with Gasteiger partial charge in [-0.25, -0.2) is 13.1 Å². The molecule has 0 aromatic heterocycles. The quantitative estimate of drug-likeness (QED) is 0.894. The number of carbonyl (C=O) groups is 1. The zero-order valence-electron chi connectivity index (χ0n) is 14.2. The minimum absolute atomic E-state index is 0.0332. The van der Waals surface area contributed by atoms with E-state index in [2.05, 4.69) is 4.72 Å². The molecule has 3 rings (SSSR count). The van der Waals surface area contributed by atoms with Gasteiger partial charge in [-0.3, -0.25) is 4.79 Å². The summed E-state index contributed by atoms with van der Waals surface area (Å²) >= 11 is 0. The van der Waals surface area contributed by atoms with Gasteiger partial charge in [0.1, 0.15) is 0 Å². The van der Waals surface area contributed by atoms with E-state index in [4.69, 9.17) is 0 Å². The summed E-state index contributed by atoms with van der Waals surface area (Å²) in [5, 5.41) is 0. The van der Waals surface area contributed by atoms with Crippen LogP contribution in [0, 0.1) is 6.92 Å². The molecule has 25 heavy (non-hydrogen) atoms. The van der Waals surface area contributed by atoms with Gasteiger partial charge in [-0.05, 0) is 49.6 Å². The molecule has 2 aromatic rings. The second kappa shape index (κ2) is 7.37. The van der Waals surface area contributed by atoms with Gasteiger partial charge in [0.2, 0.25) is 10.0 Å². The number of nitrogens with zero attached hydrogens (tertiary/aromatic N) is 1. The molecule has 1 aliphatic rings. The van der Waals surface area contributed by atoms with Gasteiger partial charge in [0.25, 0.3) is 5.91 Å². The molecule has 1 fully saturated rings. The number of benzene rings is 2. The maximum absolute atomic E-state index is 12.4. The van der Waals surface area contributed by atoms with E-state index in [0.717, 1.165) is 37.1 Å². The Morgan fingerprint density at radius 1 is 1.08 bits per heavy atom. The summed E-state index contributed by atoms with van der Waals surface area (Å²) in [5.74, 6) is -0.0332. The maximum atomic E-state index is 12.4. The molecular weight excluding hydrogens is 336 g/mol. The average molecular weight is 358 g/mol. The number of nitrogens with one attached hydrogen (secondary N) is 1. The fraction of sp³-hybridized carbons (Fsp3) is 0.316. The lowest BCUT2D eigenvalue weighted by Crippen LogP contribution is -2.27. The van der Waals surface area contributed by atoms with Gasteiger partial charge in [-0.1, -0.05) is 29.8 Å². The van der Waals surface area contributed by atoms with Crippen LogP contribution in [0.15, 0.2) is 53.4 Å². The topological polar surface area (TPSA) is 66.5 Å². The van der Waals surface area contributed by atoms with Crippen LogP contribution in [0.1, 0.15) is 34.3 Å². The van der Waals surface area contributed by atoms with Gasteiger partial charge in [-0.2, -0.15) is 0 Å². The van der Waals surface area contributed by atoms with Crippen molar-refractivity contribution in [3.63, 3.8) is 0 Å². The monoisotopic (exact) mass is 358 g/mol. The highest BCUT2D eigenvalue weighted by Crippen LogP contribution is 2.16. The van der Waals surface area contributed by atoms with E-state index in [1.54, 1.807) is 17.0 Å². The molecule has 1 N–H and O–H groups in total. The van der Waals surface area contributed by atoms with Crippen LogP contribution in [0.4, 0.5) is 0 Å². The summed E-state index contributed by atoms with van der Waals surface area (Å²) in [6.07, 6.45) is 2.06. The number of hydrogen-bond donors (Lipinski definition) is 1. The van der Waals surface area contributed by atoms with Gasteiger partial charge in [0.15, 0.2) is 0 Å². The number of aryl methyl sites for hydroxylation is 1. The van der Waals surface area contributed by atoms with Crippen LogP contribution in [0.3, 0.4) is 0 Å². The summed E-state index contributed by atoms with van der Waals surface area (Å²) in [6, 6.07) is 13.8. The van der Waals surface area contributed by atoms with Crippen molar-refractivity contribution in [2.45, 2.75) is 31.2 Å². The van der Waals surface area contributed by atoms with Crippen LogP contribution in [0.5, 0.6) is 0 Å². The van der Waals surface area contributed by atoms with Gasteiger partial charge >= 0.3 is 0 Å². The van der Waals surface area contributed by atoms with E-state index in [1.807, 2.05) is 31.2 Å². The molecule has 5 nitrogen and oxygen atoms in total. The van der Waals surface area contributed by atoms with E-state index >= 15 is 0 Å². The highest BCUT2D eigenvalue weighted by molar-refractivity contribution is 7.89. The fourth-order valence-corrected chi connectivity index (χ4v) is 3.98. The second-order valence-electron chi connectivity index (χ2n) is 6.34. The number of likely N-dealkylation sites (tertiary alicyclic amines) is 1. The number of sulfonamides is 1. The minimum atomic E-state index is -3.61. The predicted octanol–water partition coefficient (Wildman–Crippen LogP) is 2.71. The van der Waals surface area contributed by atoms with Gasteiger partial charge in [0.05, 0.1) is 4.90 Å². The zero-order chi connectivity index (χ0) is 17.9. The Kier molecular flexibility index (Phi) is 5.20. The molecular formula is C19H22N2O3S. The SMILES string of the molecule is Cc1cccc(CNS(=O)(=O)c2ccc(C(=O)N3CCCC3)cc2)c1. The van der Waals surface area contributed by atoms with Crippen LogP contribution < -0.4 is 4.72 Å². The molecule has 1 aliphatic heterocycles. The largest absolute Gasteiger partial charge is 0.339 e. The van der Waals surface area contributed by atoms with Crippen molar-refractivity contribution in [3.8, 4) is 0 Å². The number of carbonyl (C=O) groups excluding carboxylic acids is 1. The van der Waals surface area contributed by atoms with Crippen molar-refractivity contribution in [2.75, 3.05) is 13.1 Å². The smallest absolute Gasteiger partial charge is 0.253 e. The second-order valence-corrected chi connectivity index (χ2v) is 8.10. The lowest BCUT2D eigenvalue weighted by molar-refractivity contribution is 0.0792. The molecule has 2 aromatic carbocycles. The Balaban J connectivity index is 1.68. The predicted molar refractivity (Wildman–Crippen MR) is 96.8 cm³/mol. The molecule has 6 heteroatoms. The normalized spacial score (nSPS) is 14.7. The summed E-state index contributed by atoms with van der Waals surface area (Å²) in [6.45, 7) is 3.75. The minimum Gasteiger partial charge on any atom is -0.339 e. The first-order chi connectivity index (χ1) is 12.0.